The van der Waals surface area contributed by atoms with Crippen LogP contribution in [0.5, 0.6) is 0 Å². The van der Waals surface area contributed by atoms with Gasteiger partial charge in [0, 0.05) is 53.9 Å². The van der Waals surface area contributed by atoms with Crippen LogP contribution in [-0.2, 0) is 20.8 Å². The summed E-state index contributed by atoms with van der Waals surface area (Å²) in [6, 6.07) is 16.0. The summed E-state index contributed by atoms with van der Waals surface area (Å²) in [6.07, 6.45) is 2.00. The molecule has 4 rings (SSSR count). The van der Waals surface area contributed by atoms with Crippen molar-refractivity contribution in [3.05, 3.63) is 88.5 Å². The zero-order valence-corrected chi connectivity index (χ0v) is 34.9. The molecule has 0 saturated heterocycles. The van der Waals surface area contributed by atoms with E-state index in [0.29, 0.717) is 53.3 Å². The van der Waals surface area contributed by atoms with E-state index in [1.54, 1.807) is 48.5 Å². The molecule has 0 saturated carbocycles. The topological polar surface area (TPSA) is 194 Å². The van der Waals surface area contributed by atoms with Gasteiger partial charge in [0.05, 0.1) is 6.42 Å². The van der Waals surface area contributed by atoms with Gasteiger partial charge in [0.2, 0.25) is 11.9 Å². The number of anilines is 3. The summed E-state index contributed by atoms with van der Waals surface area (Å²) in [7, 11) is 1.40. The van der Waals surface area contributed by atoms with Crippen molar-refractivity contribution in [3.63, 3.8) is 0 Å². The zero-order valence-electron chi connectivity index (χ0n) is 34.9. The van der Waals surface area contributed by atoms with E-state index < -0.39 is 11.9 Å². The average molecular weight is 798 g/mol. The fraction of sp³-hybridized carbons (Fsp3) is 0.442. The fourth-order valence-electron chi connectivity index (χ4n) is 6.10. The molecule has 5 amide bonds. The van der Waals surface area contributed by atoms with Crippen molar-refractivity contribution in [1.29, 1.82) is 0 Å². The monoisotopic (exact) mass is 797 g/mol. The Morgan fingerprint density at radius 1 is 0.707 bits per heavy atom. The van der Waals surface area contributed by atoms with Crippen molar-refractivity contribution in [2.45, 2.75) is 66.8 Å². The van der Waals surface area contributed by atoms with Crippen LogP contribution in [0.2, 0.25) is 0 Å². The van der Waals surface area contributed by atoms with Gasteiger partial charge < -0.3 is 36.4 Å². The summed E-state index contributed by atoms with van der Waals surface area (Å²) < 4.78 is 0. The quantitative estimate of drug-likeness (QED) is 0.0575. The number of carbonyl (C=O) groups excluding carboxylic acids is 6. The van der Waals surface area contributed by atoms with E-state index in [2.05, 4.69) is 74.3 Å². The molecule has 1 unspecified atom stereocenters. The molecule has 312 valence electrons. The normalized spacial score (nSPS) is 12.3. The first-order valence-corrected chi connectivity index (χ1v) is 19.9. The smallest absolute Gasteiger partial charge is 0.258 e. The number of azo groups is 1. The molecule has 15 heteroatoms. The molecule has 0 aliphatic carbocycles. The number of hydrogen-bond acceptors (Lipinski definition) is 10. The molecule has 1 heterocycles. The van der Waals surface area contributed by atoms with Crippen LogP contribution < -0.4 is 26.6 Å². The number of carbonyl (C=O) groups is 6. The van der Waals surface area contributed by atoms with Crippen LogP contribution in [0.4, 0.5) is 17.1 Å². The zero-order chi connectivity index (χ0) is 42.6. The van der Waals surface area contributed by atoms with Crippen molar-refractivity contribution < 1.29 is 28.8 Å². The second-order valence-corrected chi connectivity index (χ2v) is 13.8. The van der Waals surface area contributed by atoms with Crippen LogP contribution in [0, 0.1) is 6.92 Å². The standard InChI is InChI=1S/C30H45N5O3.C13H14N4O3/c1-6-34(7-2)18-10-16-31-28(36)25-20-26(29(37)32-17-11-19-35(8-3)9-4)22-27(21-25)33-30(38)24-14-12-23(5)13-15-24;1-7(18)12(17-14-2)13(20)15-9-4-3-8-5-11(19)16-10(8)6-9/h12-15,20-22H,6-11,16-19H2,1-5H3,(H,31,36)(H,32,37)(H,33,38);3-4,6,12H,5H2,1-2H3,(H,15,20)(H,16,19). The van der Waals surface area contributed by atoms with E-state index in [0.717, 1.165) is 63.2 Å². The largest absolute Gasteiger partial charge is 0.352 e. The van der Waals surface area contributed by atoms with Gasteiger partial charge in [-0.1, -0.05) is 51.5 Å². The lowest BCUT2D eigenvalue weighted by Crippen LogP contribution is -2.31. The van der Waals surface area contributed by atoms with Crippen molar-refractivity contribution in [2.75, 3.05) is 75.4 Å². The molecule has 58 heavy (non-hydrogen) atoms. The molecule has 0 bridgehead atoms. The highest BCUT2D eigenvalue weighted by Crippen LogP contribution is 2.26. The van der Waals surface area contributed by atoms with E-state index in [4.69, 9.17) is 0 Å². The fourth-order valence-corrected chi connectivity index (χ4v) is 6.10. The van der Waals surface area contributed by atoms with Crippen molar-refractivity contribution >= 4 is 52.4 Å². The number of fused-ring (bicyclic) bond motifs is 1. The van der Waals surface area contributed by atoms with Gasteiger partial charge in [0.25, 0.3) is 23.6 Å². The summed E-state index contributed by atoms with van der Waals surface area (Å²) in [5.74, 6) is -1.86. The van der Waals surface area contributed by atoms with Crippen LogP contribution >= 0.6 is 0 Å². The Hall–Kier alpha value is -5.80. The minimum Gasteiger partial charge on any atom is -0.352 e. The van der Waals surface area contributed by atoms with Crippen LogP contribution in [0.15, 0.2) is 70.9 Å². The summed E-state index contributed by atoms with van der Waals surface area (Å²) >= 11 is 0. The van der Waals surface area contributed by atoms with Crippen molar-refractivity contribution in [3.8, 4) is 0 Å². The second kappa shape index (κ2) is 24.1. The van der Waals surface area contributed by atoms with Gasteiger partial charge in [-0.2, -0.15) is 10.2 Å². The molecular weight excluding hydrogens is 739 g/mol. The van der Waals surface area contributed by atoms with Crippen molar-refractivity contribution in [2.24, 2.45) is 10.2 Å². The molecule has 0 aromatic heterocycles. The average Bonchev–Trinajstić information content (AvgIpc) is 3.59. The van der Waals surface area contributed by atoms with Gasteiger partial charge in [-0.25, -0.2) is 0 Å². The van der Waals surface area contributed by atoms with Crippen molar-refractivity contribution in [1.82, 2.24) is 20.4 Å². The van der Waals surface area contributed by atoms with Gasteiger partial charge in [0.1, 0.15) is 0 Å². The SMILES string of the molecule is CCN(CC)CCCNC(=O)c1cc(NC(=O)c2ccc(C)cc2)cc(C(=O)NCCCN(CC)CC)c1.CN=NC(C(C)=O)C(=O)Nc1ccc2c(c1)NC(=O)C2. The molecule has 0 radical (unpaired) electrons. The lowest BCUT2D eigenvalue weighted by atomic mass is 10.1. The Balaban J connectivity index is 0.000000375. The van der Waals surface area contributed by atoms with Gasteiger partial charge in [-0.15, -0.1) is 0 Å². The third-order valence-corrected chi connectivity index (χ3v) is 9.56. The highest BCUT2D eigenvalue weighted by molar-refractivity contribution is 6.11. The van der Waals surface area contributed by atoms with E-state index in [1.807, 2.05) is 19.1 Å². The molecule has 0 fully saturated rings. The van der Waals surface area contributed by atoms with Crippen LogP contribution in [0.1, 0.15) is 89.7 Å². The predicted molar refractivity (Wildman–Crippen MR) is 228 cm³/mol. The number of ketones is 1. The Morgan fingerprint density at radius 3 is 1.76 bits per heavy atom. The number of Topliss-reactive ketones (excluding diaryl/α,β-unsaturated/α-hetero) is 1. The number of aryl methyl sites for hydroxylation is 1. The molecule has 1 aliphatic rings. The lowest BCUT2D eigenvalue weighted by molar-refractivity contribution is -0.126. The summed E-state index contributed by atoms with van der Waals surface area (Å²) in [5, 5.41) is 21.1. The number of rotatable bonds is 20. The maximum absolute atomic E-state index is 13.0. The molecule has 0 spiro atoms. The lowest BCUT2D eigenvalue weighted by Gasteiger charge is -2.18. The summed E-state index contributed by atoms with van der Waals surface area (Å²) in [4.78, 5) is 77.9. The highest BCUT2D eigenvalue weighted by atomic mass is 16.2. The van der Waals surface area contributed by atoms with Gasteiger partial charge in [-0.05, 0) is 114 Å². The highest BCUT2D eigenvalue weighted by Gasteiger charge is 2.24. The first-order valence-electron chi connectivity index (χ1n) is 19.9. The molecule has 3 aromatic carbocycles. The Morgan fingerprint density at radius 2 is 1.26 bits per heavy atom. The van der Waals surface area contributed by atoms with Gasteiger partial charge in [0.15, 0.2) is 5.78 Å². The minimum atomic E-state index is -1.15. The molecule has 3 aromatic rings. The van der Waals surface area contributed by atoms with E-state index in [-0.39, 0.29) is 29.4 Å². The van der Waals surface area contributed by atoms with Gasteiger partial charge >= 0.3 is 0 Å². The molecule has 15 nitrogen and oxygen atoms in total. The maximum Gasteiger partial charge on any atom is 0.258 e. The number of hydrogen-bond donors (Lipinski definition) is 5. The van der Waals surface area contributed by atoms with E-state index >= 15 is 0 Å². The third kappa shape index (κ3) is 14.9. The Labute approximate surface area is 341 Å². The summed E-state index contributed by atoms with van der Waals surface area (Å²) in [5.41, 5.74) is 4.68. The first-order chi connectivity index (χ1) is 27.8. The Kier molecular flexibility index (Phi) is 19.3. The second-order valence-electron chi connectivity index (χ2n) is 13.8. The van der Waals surface area contributed by atoms with E-state index in [9.17, 15) is 28.8 Å². The van der Waals surface area contributed by atoms with Gasteiger partial charge in [-0.3, -0.25) is 28.8 Å². The third-order valence-electron chi connectivity index (χ3n) is 9.56. The predicted octanol–water partition coefficient (Wildman–Crippen LogP) is 5.33. The Bertz CT molecular complexity index is 1860. The summed E-state index contributed by atoms with van der Waals surface area (Å²) in [6.45, 7) is 18.5. The number of nitrogens with zero attached hydrogens (tertiary/aromatic N) is 4. The first kappa shape index (κ1) is 46.6. The molecular formula is C43H59N9O6. The number of amides is 5. The number of benzene rings is 3. The molecule has 5 N–H and O–H groups in total. The van der Waals surface area contributed by atoms with Crippen LogP contribution in [0.3, 0.4) is 0 Å². The van der Waals surface area contributed by atoms with Crippen LogP contribution in [-0.4, -0.2) is 111 Å². The molecule has 1 atom stereocenters. The van der Waals surface area contributed by atoms with Crippen LogP contribution in [0.25, 0.3) is 0 Å². The minimum absolute atomic E-state index is 0.0788. The number of nitrogens with one attached hydrogen (secondary N) is 5. The molecule has 1 aliphatic heterocycles. The van der Waals surface area contributed by atoms with E-state index in [1.165, 1.54) is 14.0 Å². The maximum atomic E-state index is 13.0.